The Kier molecular flexibility index (Phi) is 435. The Labute approximate surface area is 91.4 Å². The molecule has 0 saturated heterocycles. The van der Waals surface area contributed by atoms with Gasteiger partial charge in [-0.1, -0.05) is 0 Å². The third-order valence-corrected chi connectivity index (χ3v) is 0. The summed E-state index contributed by atoms with van der Waals surface area (Å²) in [5.41, 5.74) is 0. The van der Waals surface area contributed by atoms with Crippen LogP contribution in [0.5, 0.6) is 0 Å². The van der Waals surface area contributed by atoms with E-state index in [1.54, 1.807) is 0 Å². The quantitative estimate of drug-likeness (QED) is 0.384. The van der Waals surface area contributed by atoms with Crippen LogP contribution < -0.4 is 0 Å². The number of hydrogen-bond donors (Lipinski definition) is 0. The summed E-state index contributed by atoms with van der Waals surface area (Å²) in [4.78, 5) is 0. The first-order chi connectivity index (χ1) is 1.73. The zero-order valence-electron chi connectivity index (χ0n) is 4.71. The normalized spacial score (nSPS) is 2.45. The summed E-state index contributed by atoms with van der Waals surface area (Å²) >= 11 is -1.72. The van der Waals surface area contributed by atoms with E-state index in [2.05, 4.69) is 0 Å². The average molecular weight is 271 g/mol. The van der Waals surface area contributed by atoms with Gasteiger partial charge in [0.1, 0.15) is 0 Å². The molecule has 0 atom stereocenters. The summed E-state index contributed by atoms with van der Waals surface area (Å²) in [5.74, 6) is 0. The molecule has 6 nitrogen and oxygen atoms in total. The molecule has 0 radical (unpaired) electrons. The van der Waals surface area contributed by atoms with Gasteiger partial charge in [-0.3, -0.25) is 0 Å². The Bertz CT molecular complexity index is 20.5. The minimum atomic E-state index is -1.72. The van der Waals surface area contributed by atoms with Crippen molar-refractivity contribution < 1.29 is 32.9 Å². The van der Waals surface area contributed by atoms with Crippen LogP contribution in [0.15, 0.2) is 0 Å². The smallest absolute Gasteiger partial charge is 0.412 e. The molecular weight excluding hydrogens is 256 g/mol. The third kappa shape index (κ3) is 383. The van der Waals surface area contributed by atoms with Gasteiger partial charge in [0.25, 0.3) is 0 Å². The van der Waals surface area contributed by atoms with Crippen LogP contribution in [0.3, 0.4) is 0 Å². The van der Waals surface area contributed by atoms with E-state index in [0.29, 0.717) is 0 Å². The number of hydrogen-bond acceptors (Lipinski definition) is 0. The second-order valence-electron chi connectivity index (χ2n) is 0.247. The van der Waals surface area contributed by atoms with Crippen LogP contribution in [-0.2, 0) is 0 Å². The minimum Gasteiger partial charge on any atom is -0.412 e. The molecule has 0 aromatic heterocycles. The molecule has 78 valence electrons. The van der Waals surface area contributed by atoms with Gasteiger partial charge >= 0.3 is 11.4 Å². The van der Waals surface area contributed by atoms with Crippen LogP contribution in [0, 0.1) is 0 Å². The van der Waals surface area contributed by atoms with E-state index in [1.807, 2.05) is 0 Å². The van der Waals surface area contributed by atoms with E-state index in [4.69, 9.17) is 30.1 Å². The van der Waals surface area contributed by atoms with Crippen LogP contribution in [-0.4, -0.2) is 61.6 Å². The van der Waals surface area contributed by atoms with Gasteiger partial charge in [0.05, 0.1) is 0 Å². The molecule has 0 unspecified atom stereocenters. The van der Waals surface area contributed by atoms with Gasteiger partial charge in [0, 0.05) is 0 Å². The molecule has 0 aromatic carbocycles. The number of rotatable bonds is 0. The highest BCUT2D eigenvalue weighted by atomic mass is 35.8. The molecule has 12 N–H and O–H groups in total. The van der Waals surface area contributed by atoms with Crippen molar-refractivity contribution in [2.24, 2.45) is 0 Å². The Morgan fingerprint density at radius 1 is 0.545 bits per heavy atom. The Morgan fingerprint density at radius 2 is 0.545 bits per heavy atom. The highest BCUT2D eigenvalue weighted by Gasteiger charge is 2.00. The monoisotopic (exact) mass is 270 g/mol. The molecule has 0 saturated carbocycles. The molecule has 0 heterocycles. The van der Waals surface area contributed by atoms with Crippen molar-refractivity contribution in [2.45, 2.75) is 0 Å². The molecule has 0 spiro atoms. The van der Waals surface area contributed by atoms with Gasteiger partial charge in [0.2, 0.25) is 0 Å². The standard InChI is InChI=1S/2Al.3ClH.6H2O.3H/h;;3*1H;6*1H2;;;/q;+3;;;;;;;;;;;;/p-3. The van der Waals surface area contributed by atoms with Crippen LogP contribution in [0.2, 0.25) is 0 Å². The van der Waals surface area contributed by atoms with E-state index in [0.717, 1.165) is 0 Å². The predicted molar refractivity (Wildman–Crippen MR) is 54.9 cm³/mol. The molecule has 11 heavy (non-hydrogen) atoms. The van der Waals surface area contributed by atoms with E-state index >= 15 is 0 Å². The lowest BCUT2D eigenvalue weighted by molar-refractivity contribution is 0.823. The molecule has 0 aliphatic rings. The fraction of sp³-hybridized carbons (Fsp3) is 0. The summed E-state index contributed by atoms with van der Waals surface area (Å²) in [6, 6.07) is 0. The van der Waals surface area contributed by atoms with E-state index in [-0.39, 0.29) is 50.2 Å². The van der Waals surface area contributed by atoms with Crippen molar-refractivity contribution in [1.29, 1.82) is 0 Å². The largest absolute Gasteiger partial charge is 0.643 e. The van der Waals surface area contributed by atoms with Gasteiger partial charge in [-0.25, -0.2) is 30.1 Å². The van der Waals surface area contributed by atoms with Gasteiger partial charge in [0.15, 0.2) is 17.4 Å². The fourth-order valence-electron chi connectivity index (χ4n) is 0. The lowest BCUT2D eigenvalue weighted by Gasteiger charge is -1.57. The average Bonchev–Trinajstić information content (AvgIpc) is 0.811. The van der Waals surface area contributed by atoms with Crippen molar-refractivity contribution >= 4 is 58.9 Å². The van der Waals surface area contributed by atoms with Crippen molar-refractivity contribution in [1.82, 2.24) is 0 Å². The van der Waals surface area contributed by atoms with Crippen LogP contribution in [0.1, 0.15) is 0 Å². The molecule has 0 bridgehead atoms. The summed E-state index contributed by atoms with van der Waals surface area (Å²) in [7, 11) is 14.8. The maximum atomic E-state index is 4.94. The first-order valence-corrected chi connectivity index (χ1v) is 5.89. The maximum absolute atomic E-state index is 4.94. The third-order valence-electron chi connectivity index (χ3n) is 0. The Morgan fingerprint density at radius 3 is 0.545 bits per heavy atom. The van der Waals surface area contributed by atoms with E-state index in [9.17, 15) is 0 Å². The minimum absolute atomic E-state index is 0. The summed E-state index contributed by atoms with van der Waals surface area (Å²) < 4.78 is 0. The first kappa shape index (κ1) is 78.8. The van der Waals surface area contributed by atoms with Crippen LogP contribution in [0.25, 0.3) is 0 Å². The molecule has 0 amide bonds. The molecule has 0 fully saturated rings. The van der Waals surface area contributed by atoms with Gasteiger partial charge in [-0.05, 0) is 0 Å². The highest BCUT2D eigenvalue weighted by molar-refractivity contribution is 7.54. The molecule has 11 heteroatoms. The summed E-state index contributed by atoms with van der Waals surface area (Å²) in [6.07, 6.45) is 0. The topological polar surface area (TPSA) is 189 Å². The SMILES string of the molecule is O.O.O.O.O.O.[AlH3].[Cl][Al]([Cl])[Cl]. The Hall–Kier alpha value is 1.69. The van der Waals surface area contributed by atoms with Crippen molar-refractivity contribution in [2.75, 3.05) is 0 Å². The summed E-state index contributed by atoms with van der Waals surface area (Å²) in [5, 5.41) is 0. The molecule has 0 aliphatic heterocycles. The molecule has 0 aromatic rings. The zero-order chi connectivity index (χ0) is 3.58. The van der Waals surface area contributed by atoms with E-state index in [1.165, 1.54) is 0 Å². The number of halogens is 3. The zero-order valence-corrected chi connectivity index (χ0v) is 8.13. The van der Waals surface area contributed by atoms with Gasteiger partial charge in [-0.2, -0.15) is 0 Å². The maximum Gasteiger partial charge on any atom is 0.643 e. The van der Waals surface area contributed by atoms with Gasteiger partial charge in [-0.15, -0.1) is 0 Å². The van der Waals surface area contributed by atoms with Gasteiger partial charge < -0.3 is 32.9 Å². The molecule has 0 aliphatic carbocycles. The Balaban J connectivity index is -0.00000000214. The first-order valence-electron chi connectivity index (χ1n) is 0.655. The van der Waals surface area contributed by atoms with Crippen LogP contribution in [0.4, 0.5) is 0 Å². The fourth-order valence-corrected chi connectivity index (χ4v) is 0. The molecule has 0 rings (SSSR count). The van der Waals surface area contributed by atoms with Crippen molar-refractivity contribution in [3.8, 4) is 0 Å². The van der Waals surface area contributed by atoms with Crippen molar-refractivity contribution in [3.05, 3.63) is 0 Å². The summed E-state index contributed by atoms with van der Waals surface area (Å²) in [6.45, 7) is 0. The van der Waals surface area contributed by atoms with Crippen LogP contribution >= 0.6 is 30.1 Å². The van der Waals surface area contributed by atoms with Crippen molar-refractivity contribution in [3.63, 3.8) is 0 Å². The molecular formula is H15Al2Cl3O6. The second-order valence-corrected chi connectivity index (χ2v) is 6.68. The second kappa shape index (κ2) is 60.7. The van der Waals surface area contributed by atoms with E-state index < -0.39 is 11.4 Å². The predicted octanol–water partition coefficient (Wildman–Crippen LogP) is -4.44. The lowest BCUT2D eigenvalue weighted by Crippen LogP contribution is -1.66. The highest BCUT2D eigenvalue weighted by Crippen LogP contribution is 1.97. The lowest BCUT2D eigenvalue weighted by atomic mass is 16.0.